The van der Waals surface area contributed by atoms with E-state index >= 15 is 0 Å². The largest absolute Gasteiger partial charge is 0.416 e. The molecule has 142 valence electrons. The van der Waals surface area contributed by atoms with Gasteiger partial charge in [-0.15, -0.1) is 21.5 Å². The van der Waals surface area contributed by atoms with Gasteiger partial charge in [0.1, 0.15) is 0 Å². The van der Waals surface area contributed by atoms with Crippen LogP contribution in [0.1, 0.15) is 47.5 Å². The average Bonchev–Trinajstić information content (AvgIpc) is 3.24. The molecule has 6 nitrogen and oxygen atoms in total. The number of para-hydroxylation sites is 1. The molecule has 0 spiro atoms. The molecule has 0 saturated carbocycles. The molecular formula is C19H22N4O2S2. The summed E-state index contributed by atoms with van der Waals surface area (Å²) in [6, 6.07) is 6.06. The fraction of sp³-hybridized carbons (Fsp3) is 0.368. The van der Waals surface area contributed by atoms with Crippen LogP contribution in [0, 0.1) is 13.8 Å². The lowest BCUT2D eigenvalue weighted by Crippen LogP contribution is -2.16. The molecule has 2 heterocycles. The molecule has 3 aromatic rings. The molecule has 27 heavy (non-hydrogen) atoms. The first-order valence-electron chi connectivity index (χ1n) is 8.68. The van der Waals surface area contributed by atoms with Crippen LogP contribution < -0.4 is 5.32 Å². The minimum absolute atomic E-state index is 0.0916. The summed E-state index contributed by atoms with van der Waals surface area (Å²) in [5.74, 6) is 0.958. The smallest absolute Gasteiger partial charge is 0.277 e. The number of carbonyl (C=O) groups excluding carboxylic acids is 1. The highest BCUT2D eigenvalue weighted by molar-refractivity contribution is 7.99. The monoisotopic (exact) mass is 402 g/mol. The number of carbonyl (C=O) groups is 1. The van der Waals surface area contributed by atoms with Gasteiger partial charge in [-0.05, 0) is 30.9 Å². The van der Waals surface area contributed by atoms with E-state index in [-0.39, 0.29) is 11.7 Å². The predicted octanol–water partition coefficient (Wildman–Crippen LogP) is 4.59. The number of anilines is 1. The van der Waals surface area contributed by atoms with Crippen molar-refractivity contribution in [3.05, 3.63) is 51.3 Å². The topological polar surface area (TPSA) is 80.9 Å². The van der Waals surface area contributed by atoms with Crippen molar-refractivity contribution in [2.45, 2.75) is 45.3 Å². The van der Waals surface area contributed by atoms with Crippen LogP contribution >= 0.6 is 23.1 Å². The molecule has 0 aliphatic heterocycles. The van der Waals surface area contributed by atoms with Crippen molar-refractivity contribution in [2.75, 3.05) is 11.1 Å². The normalized spacial score (nSPS) is 11.1. The van der Waals surface area contributed by atoms with E-state index in [4.69, 9.17) is 4.42 Å². The van der Waals surface area contributed by atoms with Gasteiger partial charge in [-0.1, -0.05) is 43.8 Å². The molecule has 0 unspecified atom stereocenters. The number of hydrogen-bond acceptors (Lipinski definition) is 7. The molecule has 0 aliphatic rings. The van der Waals surface area contributed by atoms with Crippen LogP contribution in [0.4, 0.5) is 5.69 Å². The summed E-state index contributed by atoms with van der Waals surface area (Å²) in [7, 11) is 0. The van der Waals surface area contributed by atoms with Crippen LogP contribution in [0.25, 0.3) is 0 Å². The second kappa shape index (κ2) is 8.67. The fourth-order valence-corrected chi connectivity index (χ4v) is 3.85. The Morgan fingerprint density at radius 1 is 1.30 bits per heavy atom. The molecular weight excluding hydrogens is 380 g/mol. The molecule has 1 N–H and O–H groups in total. The van der Waals surface area contributed by atoms with Gasteiger partial charge in [-0.2, -0.15) is 0 Å². The lowest BCUT2D eigenvalue weighted by atomic mass is 9.98. The molecule has 0 fully saturated rings. The summed E-state index contributed by atoms with van der Waals surface area (Å²) in [5, 5.41) is 14.4. The van der Waals surface area contributed by atoms with E-state index in [1.165, 1.54) is 11.8 Å². The number of thiazole rings is 1. The molecule has 0 bridgehead atoms. The summed E-state index contributed by atoms with van der Waals surface area (Å²) in [4.78, 5) is 16.8. The van der Waals surface area contributed by atoms with Gasteiger partial charge in [-0.25, -0.2) is 4.98 Å². The third-order valence-electron chi connectivity index (χ3n) is 3.97. The first-order chi connectivity index (χ1) is 12.9. The Morgan fingerprint density at radius 2 is 2.11 bits per heavy atom. The van der Waals surface area contributed by atoms with E-state index in [9.17, 15) is 4.79 Å². The Bertz CT molecular complexity index is 933. The number of hydrogen-bond donors (Lipinski definition) is 1. The summed E-state index contributed by atoms with van der Waals surface area (Å²) >= 11 is 2.82. The Balaban J connectivity index is 1.57. The SMILES string of the molecule is Cc1nc(Cc2nnc(SCC(=O)Nc3c(C)cccc3C(C)C)o2)cs1. The predicted molar refractivity (Wildman–Crippen MR) is 109 cm³/mol. The second-order valence-corrected chi connectivity index (χ2v) is 8.52. The van der Waals surface area contributed by atoms with Crippen LogP contribution in [0.3, 0.4) is 0 Å². The molecule has 8 heteroatoms. The Kier molecular flexibility index (Phi) is 6.28. The van der Waals surface area contributed by atoms with Crippen molar-refractivity contribution >= 4 is 34.7 Å². The maximum Gasteiger partial charge on any atom is 0.277 e. The molecule has 1 amide bonds. The van der Waals surface area contributed by atoms with Crippen LogP contribution in [-0.2, 0) is 11.2 Å². The number of rotatable bonds is 7. The number of benzene rings is 1. The number of aryl methyl sites for hydroxylation is 2. The number of amides is 1. The van der Waals surface area contributed by atoms with Crippen molar-refractivity contribution in [1.29, 1.82) is 0 Å². The molecule has 1 aromatic carbocycles. The first kappa shape index (κ1) is 19.6. The molecule has 0 saturated heterocycles. The average molecular weight is 403 g/mol. The van der Waals surface area contributed by atoms with Crippen molar-refractivity contribution < 1.29 is 9.21 Å². The number of thioether (sulfide) groups is 1. The maximum atomic E-state index is 12.4. The van der Waals surface area contributed by atoms with Crippen LogP contribution in [0.2, 0.25) is 0 Å². The molecule has 0 radical (unpaired) electrons. The highest BCUT2D eigenvalue weighted by Crippen LogP contribution is 2.28. The maximum absolute atomic E-state index is 12.4. The van der Waals surface area contributed by atoms with Crippen molar-refractivity contribution in [3.8, 4) is 0 Å². The van der Waals surface area contributed by atoms with Gasteiger partial charge in [0, 0.05) is 11.1 Å². The van der Waals surface area contributed by atoms with Crippen molar-refractivity contribution in [1.82, 2.24) is 15.2 Å². The number of nitrogens with one attached hydrogen (secondary N) is 1. The molecule has 0 aliphatic carbocycles. The van der Waals surface area contributed by atoms with Gasteiger partial charge >= 0.3 is 0 Å². The molecule has 0 atom stereocenters. The third kappa shape index (κ3) is 5.17. The minimum Gasteiger partial charge on any atom is -0.416 e. The fourth-order valence-electron chi connectivity index (χ4n) is 2.66. The zero-order chi connectivity index (χ0) is 19.4. The summed E-state index contributed by atoms with van der Waals surface area (Å²) < 4.78 is 5.61. The second-order valence-electron chi connectivity index (χ2n) is 6.53. The Hall–Kier alpha value is -2.19. The molecule has 3 rings (SSSR count). The van der Waals surface area contributed by atoms with Gasteiger partial charge in [0.05, 0.1) is 22.9 Å². The number of nitrogens with zero attached hydrogens (tertiary/aromatic N) is 3. The van der Waals surface area contributed by atoms with E-state index in [1.54, 1.807) is 11.3 Å². The summed E-state index contributed by atoms with van der Waals surface area (Å²) in [6.45, 7) is 8.19. The lowest BCUT2D eigenvalue weighted by molar-refractivity contribution is -0.113. The van der Waals surface area contributed by atoms with E-state index in [0.717, 1.165) is 27.5 Å². The molecule has 2 aromatic heterocycles. The Morgan fingerprint density at radius 3 is 2.81 bits per heavy atom. The van der Waals surface area contributed by atoms with E-state index in [2.05, 4.69) is 34.3 Å². The van der Waals surface area contributed by atoms with E-state index in [1.807, 2.05) is 37.4 Å². The number of aromatic nitrogens is 3. The van der Waals surface area contributed by atoms with Gasteiger partial charge in [0.15, 0.2) is 0 Å². The van der Waals surface area contributed by atoms with Crippen LogP contribution in [-0.4, -0.2) is 26.8 Å². The van der Waals surface area contributed by atoms with Gasteiger partial charge in [-0.3, -0.25) is 4.79 Å². The zero-order valence-electron chi connectivity index (χ0n) is 15.8. The summed E-state index contributed by atoms with van der Waals surface area (Å²) in [5.41, 5.74) is 3.99. The summed E-state index contributed by atoms with van der Waals surface area (Å²) in [6.07, 6.45) is 0.505. The van der Waals surface area contributed by atoms with Crippen LogP contribution in [0.15, 0.2) is 33.2 Å². The highest BCUT2D eigenvalue weighted by atomic mass is 32.2. The van der Waals surface area contributed by atoms with E-state index in [0.29, 0.717) is 23.5 Å². The van der Waals surface area contributed by atoms with Crippen molar-refractivity contribution in [2.24, 2.45) is 0 Å². The minimum atomic E-state index is -0.0916. The lowest BCUT2D eigenvalue weighted by Gasteiger charge is -2.16. The standard InChI is InChI=1S/C19H22N4O2S2/c1-11(2)15-7-5-6-12(3)18(15)21-16(24)10-27-19-23-22-17(25-19)8-14-9-26-13(4)20-14/h5-7,9,11H,8,10H2,1-4H3,(H,21,24). The highest BCUT2D eigenvalue weighted by Gasteiger charge is 2.14. The van der Waals surface area contributed by atoms with Gasteiger partial charge < -0.3 is 9.73 Å². The zero-order valence-corrected chi connectivity index (χ0v) is 17.4. The van der Waals surface area contributed by atoms with Crippen LogP contribution in [0.5, 0.6) is 0 Å². The van der Waals surface area contributed by atoms with Gasteiger partial charge in [0.2, 0.25) is 11.8 Å². The quantitative estimate of drug-likeness (QED) is 0.582. The third-order valence-corrected chi connectivity index (χ3v) is 5.61. The first-order valence-corrected chi connectivity index (χ1v) is 10.5. The van der Waals surface area contributed by atoms with Crippen molar-refractivity contribution in [3.63, 3.8) is 0 Å². The Labute approximate surface area is 166 Å². The van der Waals surface area contributed by atoms with E-state index < -0.39 is 0 Å². The van der Waals surface area contributed by atoms with Gasteiger partial charge in [0.25, 0.3) is 5.22 Å².